The molecule has 0 bridgehead atoms. The highest BCUT2D eigenvalue weighted by Gasteiger charge is 2.20. The van der Waals surface area contributed by atoms with Crippen molar-refractivity contribution in [2.24, 2.45) is 4.99 Å². The van der Waals surface area contributed by atoms with E-state index < -0.39 is 22.9 Å². The van der Waals surface area contributed by atoms with Gasteiger partial charge >= 0.3 is 5.69 Å². The fourth-order valence-corrected chi connectivity index (χ4v) is 6.36. The number of hydrogen-bond donors (Lipinski definition) is 1. The molecule has 1 aliphatic heterocycles. The Labute approximate surface area is 304 Å². The van der Waals surface area contributed by atoms with E-state index >= 15 is 4.39 Å². The first kappa shape index (κ1) is 35.1. The average Bonchev–Trinajstić information content (AvgIpc) is 3.70. The maximum atomic E-state index is 15.5. The Morgan fingerprint density at radius 2 is 1.64 bits per heavy atom. The summed E-state index contributed by atoms with van der Waals surface area (Å²) in [4.78, 5) is 38.4. The maximum absolute atomic E-state index is 15.5. The Morgan fingerprint density at radius 1 is 0.887 bits per heavy atom. The van der Waals surface area contributed by atoms with Crippen molar-refractivity contribution in [3.8, 4) is 34.6 Å². The predicted octanol–water partition coefficient (Wildman–Crippen LogP) is 6.86. The third-order valence-electron chi connectivity index (χ3n) is 9.09. The monoisotopic (exact) mass is 715 g/mol. The molecule has 1 saturated heterocycles. The summed E-state index contributed by atoms with van der Waals surface area (Å²) < 4.78 is 35.3. The molecule has 0 unspecified atom stereocenters. The van der Waals surface area contributed by atoms with Gasteiger partial charge in [-0.05, 0) is 74.3 Å². The molecule has 1 aliphatic rings. The third kappa shape index (κ3) is 7.82. The molecule has 4 aromatic carbocycles. The molecule has 11 nitrogen and oxygen atoms in total. The highest BCUT2D eigenvalue weighted by Crippen LogP contribution is 2.38. The number of aromatic hydroxyl groups is 1. The van der Waals surface area contributed by atoms with Crippen LogP contribution in [0.1, 0.15) is 30.4 Å². The van der Waals surface area contributed by atoms with Gasteiger partial charge < -0.3 is 24.2 Å². The SMILES string of the molecule is COc1cc2c(Oc3ccc(N=Cc4c(O)n(Cc5ccccc5)c(=O)n(-c5ccccc5)c4=O)cc3F)ccnc2cc1OCCCN1CCCC1. The largest absolute Gasteiger partial charge is 0.494 e. The fraction of sp³-hybridized carbons (Fsp3) is 0.220. The van der Waals surface area contributed by atoms with Crippen LogP contribution in [0.3, 0.4) is 0 Å². The number of benzene rings is 4. The zero-order chi connectivity index (χ0) is 36.7. The van der Waals surface area contributed by atoms with Crippen molar-refractivity contribution in [1.29, 1.82) is 0 Å². The van der Waals surface area contributed by atoms with E-state index in [-0.39, 0.29) is 23.5 Å². The van der Waals surface area contributed by atoms with Crippen molar-refractivity contribution in [1.82, 2.24) is 19.0 Å². The molecule has 2 aromatic heterocycles. The smallest absolute Gasteiger partial charge is 0.338 e. The van der Waals surface area contributed by atoms with E-state index in [1.165, 1.54) is 25.0 Å². The van der Waals surface area contributed by atoms with E-state index in [0.29, 0.717) is 40.4 Å². The summed E-state index contributed by atoms with van der Waals surface area (Å²) in [6, 6.07) is 26.7. The molecule has 7 rings (SSSR count). The summed E-state index contributed by atoms with van der Waals surface area (Å²) in [7, 11) is 1.56. The number of hydrogen-bond acceptors (Lipinski definition) is 9. The van der Waals surface area contributed by atoms with Crippen LogP contribution in [0.5, 0.6) is 28.9 Å². The highest BCUT2D eigenvalue weighted by molar-refractivity contribution is 5.88. The summed E-state index contributed by atoms with van der Waals surface area (Å²) in [6.45, 7) is 3.80. The van der Waals surface area contributed by atoms with Crippen LogP contribution in [0.15, 0.2) is 118 Å². The number of likely N-dealkylation sites (tertiary alicyclic amines) is 1. The number of methoxy groups -OCH3 is 1. The number of aliphatic imine (C=N–C) groups is 1. The van der Waals surface area contributed by atoms with E-state index in [1.807, 2.05) is 18.2 Å². The topological polar surface area (TPSA) is 120 Å². The van der Waals surface area contributed by atoms with Gasteiger partial charge in [-0.2, -0.15) is 0 Å². The molecule has 0 radical (unpaired) electrons. The molecule has 1 fully saturated rings. The zero-order valence-electron chi connectivity index (χ0n) is 29.2. The van der Waals surface area contributed by atoms with Gasteiger partial charge in [0.2, 0.25) is 5.88 Å². The molecule has 0 spiro atoms. The minimum atomic E-state index is -0.775. The number of fused-ring (bicyclic) bond motifs is 1. The normalized spacial score (nSPS) is 13.2. The summed E-state index contributed by atoms with van der Waals surface area (Å²) in [5.41, 5.74) is 0.0680. The molecular formula is C41H38FN5O6. The quantitative estimate of drug-likeness (QED) is 0.102. The average molecular weight is 716 g/mol. The molecule has 53 heavy (non-hydrogen) atoms. The lowest BCUT2D eigenvalue weighted by Crippen LogP contribution is -2.40. The van der Waals surface area contributed by atoms with Gasteiger partial charge in [-0.1, -0.05) is 48.5 Å². The number of rotatable bonds is 13. The predicted molar refractivity (Wildman–Crippen MR) is 201 cm³/mol. The lowest BCUT2D eigenvalue weighted by molar-refractivity contribution is 0.254. The van der Waals surface area contributed by atoms with Crippen LogP contribution in [-0.2, 0) is 6.54 Å². The van der Waals surface area contributed by atoms with Gasteiger partial charge in [0.15, 0.2) is 23.1 Å². The van der Waals surface area contributed by atoms with Crippen LogP contribution in [0.4, 0.5) is 10.1 Å². The molecule has 0 atom stereocenters. The van der Waals surface area contributed by atoms with Gasteiger partial charge in [0.1, 0.15) is 11.3 Å². The van der Waals surface area contributed by atoms with Crippen LogP contribution >= 0.6 is 0 Å². The zero-order valence-corrected chi connectivity index (χ0v) is 29.2. The number of ether oxygens (including phenoxy) is 3. The minimum Gasteiger partial charge on any atom is -0.494 e. The summed E-state index contributed by atoms with van der Waals surface area (Å²) in [5.74, 6) is 0.0904. The highest BCUT2D eigenvalue weighted by atomic mass is 19.1. The van der Waals surface area contributed by atoms with E-state index in [2.05, 4.69) is 14.9 Å². The molecule has 0 aliphatic carbocycles. The maximum Gasteiger partial charge on any atom is 0.338 e. The fourth-order valence-electron chi connectivity index (χ4n) is 6.36. The van der Waals surface area contributed by atoms with Crippen molar-refractivity contribution in [3.05, 3.63) is 141 Å². The molecule has 1 N–H and O–H groups in total. The lowest BCUT2D eigenvalue weighted by atomic mass is 10.1. The molecular weight excluding hydrogens is 677 g/mol. The first-order valence-corrected chi connectivity index (χ1v) is 17.4. The number of para-hydroxylation sites is 1. The van der Waals surface area contributed by atoms with E-state index in [0.717, 1.165) is 53.0 Å². The molecule has 0 amide bonds. The van der Waals surface area contributed by atoms with Gasteiger partial charge in [-0.3, -0.25) is 19.3 Å². The number of pyridine rings is 1. The van der Waals surface area contributed by atoms with Crippen LogP contribution in [0.2, 0.25) is 0 Å². The second-order valence-electron chi connectivity index (χ2n) is 12.6. The standard InChI is InChI=1S/C41H38FN5O6/c1-51-37-24-31-34(25-38(37)52-22-10-21-45-19-8-9-20-45)43-18-17-35(31)53-36-16-15-29(23-33(36)42)44-26-32-39(48)46(27-28-11-4-2-5-12-28)41(50)47(40(32)49)30-13-6-3-7-14-30/h2-7,11-18,23-26,48H,8-10,19-22,27H2,1H3. The Hall–Kier alpha value is -6.27. The first-order valence-electron chi connectivity index (χ1n) is 17.4. The molecule has 12 heteroatoms. The van der Waals surface area contributed by atoms with Gasteiger partial charge in [-0.25, -0.2) is 13.8 Å². The number of nitrogens with zero attached hydrogens (tertiary/aromatic N) is 5. The second-order valence-corrected chi connectivity index (χ2v) is 12.6. The Morgan fingerprint density at radius 3 is 2.38 bits per heavy atom. The minimum absolute atomic E-state index is 0.00286. The Kier molecular flexibility index (Phi) is 10.6. The van der Waals surface area contributed by atoms with Gasteiger partial charge in [-0.15, -0.1) is 0 Å². The molecule has 3 heterocycles. The first-order chi connectivity index (χ1) is 25.9. The van der Waals surface area contributed by atoms with Gasteiger partial charge in [0, 0.05) is 36.5 Å². The Bertz CT molecular complexity index is 2370. The second kappa shape index (κ2) is 16.0. The molecule has 270 valence electrons. The van der Waals surface area contributed by atoms with Crippen LogP contribution in [-0.4, -0.2) is 63.7 Å². The van der Waals surface area contributed by atoms with Crippen molar-refractivity contribution < 1.29 is 23.7 Å². The number of halogens is 1. The van der Waals surface area contributed by atoms with Crippen LogP contribution < -0.4 is 25.5 Å². The van der Waals surface area contributed by atoms with E-state index in [1.54, 1.807) is 74.0 Å². The third-order valence-corrected chi connectivity index (χ3v) is 9.09. The van der Waals surface area contributed by atoms with Crippen molar-refractivity contribution in [3.63, 3.8) is 0 Å². The summed E-state index contributed by atoms with van der Waals surface area (Å²) in [5, 5.41) is 11.8. The van der Waals surface area contributed by atoms with Crippen molar-refractivity contribution >= 4 is 22.8 Å². The van der Waals surface area contributed by atoms with Crippen molar-refractivity contribution in [2.45, 2.75) is 25.8 Å². The van der Waals surface area contributed by atoms with E-state index in [9.17, 15) is 14.7 Å². The number of aromatic nitrogens is 3. The van der Waals surface area contributed by atoms with Crippen LogP contribution in [0, 0.1) is 5.82 Å². The van der Waals surface area contributed by atoms with Crippen LogP contribution in [0.25, 0.3) is 16.6 Å². The lowest BCUT2D eigenvalue weighted by Gasteiger charge is -2.16. The summed E-state index contributed by atoms with van der Waals surface area (Å²) >= 11 is 0. The van der Waals surface area contributed by atoms with Crippen molar-refractivity contribution in [2.75, 3.05) is 33.4 Å². The molecule has 6 aromatic rings. The van der Waals surface area contributed by atoms with Gasteiger partial charge in [0.05, 0.1) is 37.2 Å². The summed E-state index contributed by atoms with van der Waals surface area (Å²) in [6.07, 6.45) is 6.09. The van der Waals surface area contributed by atoms with E-state index in [4.69, 9.17) is 14.2 Å². The van der Waals surface area contributed by atoms with Gasteiger partial charge in [0.25, 0.3) is 5.56 Å². The molecule has 0 saturated carbocycles. The Balaban J connectivity index is 1.13.